The third-order valence-corrected chi connectivity index (χ3v) is 4.09. The zero-order valence-corrected chi connectivity index (χ0v) is 12.3. The van der Waals surface area contributed by atoms with Crippen LogP contribution in [0.5, 0.6) is 0 Å². The summed E-state index contributed by atoms with van der Waals surface area (Å²) in [6.45, 7) is 1.71. The molecule has 0 saturated heterocycles. The number of aromatic nitrogens is 3. The Morgan fingerprint density at radius 3 is 2.86 bits per heavy atom. The SMILES string of the molecule is Cc1ccn(Cc2noc(C3CCCC3)n2)c(=O)c1C(=O)O. The van der Waals surface area contributed by atoms with Crippen molar-refractivity contribution in [3.8, 4) is 0 Å². The molecule has 116 valence electrons. The zero-order chi connectivity index (χ0) is 15.7. The minimum Gasteiger partial charge on any atom is -0.477 e. The van der Waals surface area contributed by atoms with Gasteiger partial charge in [-0.2, -0.15) is 4.98 Å². The molecule has 7 heteroatoms. The molecule has 0 atom stereocenters. The number of pyridine rings is 1. The lowest BCUT2D eigenvalue weighted by Gasteiger charge is -2.06. The van der Waals surface area contributed by atoms with Crippen molar-refractivity contribution in [1.82, 2.24) is 14.7 Å². The van der Waals surface area contributed by atoms with Gasteiger partial charge < -0.3 is 14.2 Å². The number of nitrogens with zero attached hydrogens (tertiary/aromatic N) is 3. The molecule has 0 radical (unpaired) electrons. The average molecular weight is 303 g/mol. The Hall–Kier alpha value is -2.44. The zero-order valence-electron chi connectivity index (χ0n) is 12.3. The first-order chi connectivity index (χ1) is 10.6. The lowest BCUT2D eigenvalue weighted by atomic mass is 10.1. The summed E-state index contributed by atoms with van der Waals surface area (Å²) in [7, 11) is 0. The fraction of sp³-hybridized carbons (Fsp3) is 0.467. The molecule has 0 unspecified atom stereocenters. The summed E-state index contributed by atoms with van der Waals surface area (Å²) in [6.07, 6.45) is 5.99. The van der Waals surface area contributed by atoms with E-state index in [2.05, 4.69) is 10.1 Å². The Morgan fingerprint density at radius 1 is 1.45 bits per heavy atom. The molecule has 1 aliphatic rings. The van der Waals surface area contributed by atoms with Crippen LogP contribution in [0.3, 0.4) is 0 Å². The summed E-state index contributed by atoms with van der Waals surface area (Å²) >= 11 is 0. The number of carboxylic acid groups (broad SMARTS) is 1. The highest BCUT2D eigenvalue weighted by molar-refractivity contribution is 5.88. The van der Waals surface area contributed by atoms with Crippen molar-refractivity contribution in [2.45, 2.75) is 45.1 Å². The summed E-state index contributed by atoms with van der Waals surface area (Å²) in [5.74, 6) is 0.0949. The van der Waals surface area contributed by atoms with Crippen molar-refractivity contribution in [3.63, 3.8) is 0 Å². The first kappa shape index (κ1) is 14.5. The van der Waals surface area contributed by atoms with Crippen molar-refractivity contribution >= 4 is 5.97 Å². The van der Waals surface area contributed by atoms with E-state index in [9.17, 15) is 9.59 Å². The normalized spacial score (nSPS) is 15.3. The van der Waals surface area contributed by atoms with Gasteiger partial charge in [0.15, 0.2) is 5.82 Å². The number of carboxylic acids is 1. The average Bonchev–Trinajstić information content (AvgIpc) is 3.12. The molecular formula is C15H17N3O4. The predicted molar refractivity (Wildman–Crippen MR) is 77.0 cm³/mol. The lowest BCUT2D eigenvalue weighted by molar-refractivity contribution is 0.0693. The highest BCUT2D eigenvalue weighted by Crippen LogP contribution is 2.32. The number of rotatable bonds is 4. The number of hydrogen-bond donors (Lipinski definition) is 1. The van der Waals surface area contributed by atoms with Gasteiger partial charge in [0.1, 0.15) is 5.56 Å². The van der Waals surface area contributed by atoms with Gasteiger partial charge in [0.05, 0.1) is 6.54 Å². The van der Waals surface area contributed by atoms with Crippen LogP contribution in [0.4, 0.5) is 0 Å². The monoisotopic (exact) mass is 303 g/mol. The largest absolute Gasteiger partial charge is 0.477 e. The molecule has 1 saturated carbocycles. The number of aryl methyl sites for hydroxylation is 1. The van der Waals surface area contributed by atoms with Gasteiger partial charge in [0.25, 0.3) is 5.56 Å². The van der Waals surface area contributed by atoms with Crippen LogP contribution in [0.1, 0.15) is 59.2 Å². The van der Waals surface area contributed by atoms with Gasteiger partial charge in [-0.25, -0.2) is 4.79 Å². The van der Waals surface area contributed by atoms with Crippen LogP contribution in [-0.4, -0.2) is 25.8 Å². The van der Waals surface area contributed by atoms with Crippen LogP contribution in [0, 0.1) is 6.92 Å². The molecule has 0 spiro atoms. The third-order valence-electron chi connectivity index (χ3n) is 4.09. The summed E-state index contributed by atoms with van der Waals surface area (Å²) in [4.78, 5) is 27.7. The molecule has 2 aromatic heterocycles. The molecule has 3 rings (SSSR count). The molecule has 1 aliphatic carbocycles. The van der Waals surface area contributed by atoms with Crippen LogP contribution in [-0.2, 0) is 6.54 Å². The van der Waals surface area contributed by atoms with E-state index in [0.29, 0.717) is 23.2 Å². The maximum atomic E-state index is 12.2. The summed E-state index contributed by atoms with van der Waals surface area (Å²) in [6, 6.07) is 1.60. The smallest absolute Gasteiger partial charge is 0.341 e. The van der Waals surface area contributed by atoms with Gasteiger partial charge >= 0.3 is 5.97 Å². The van der Waals surface area contributed by atoms with E-state index in [1.807, 2.05) is 0 Å². The molecule has 0 aromatic carbocycles. The molecule has 1 N–H and O–H groups in total. The van der Waals surface area contributed by atoms with E-state index in [-0.39, 0.29) is 12.1 Å². The number of carbonyl (C=O) groups is 1. The standard InChI is InChI=1S/C15H17N3O4/c1-9-6-7-18(14(19)12(9)15(20)21)8-11-16-13(22-17-11)10-4-2-3-5-10/h6-7,10H,2-5,8H2,1H3,(H,20,21). The van der Waals surface area contributed by atoms with E-state index in [4.69, 9.17) is 9.63 Å². The maximum absolute atomic E-state index is 12.2. The first-order valence-electron chi connectivity index (χ1n) is 7.32. The van der Waals surface area contributed by atoms with Crippen LogP contribution < -0.4 is 5.56 Å². The molecule has 7 nitrogen and oxygen atoms in total. The van der Waals surface area contributed by atoms with Crippen molar-refractivity contribution in [3.05, 3.63) is 45.5 Å². The molecule has 2 aromatic rings. The van der Waals surface area contributed by atoms with E-state index in [1.165, 1.54) is 17.4 Å². The highest BCUT2D eigenvalue weighted by atomic mass is 16.5. The van der Waals surface area contributed by atoms with E-state index < -0.39 is 11.5 Å². The first-order valence-corrected chi connectivity index (χ1v) is 7.32. The van der Waals surface area contributed by atoms with E-state index in [1.54, 1.807) is 19.2 Å². The summed E-state index contributed by atoms with van der Waals surface area (Å²) < 4.78 is 6.56. The van der Waals surface area contributed by atoms with Crippen LogP contribution in [0.15, 0.2) is 21.6 Å². The van der Waals surface area contributed by atoms with Gasteiger partial charge in [-0.05, 0) is 31.4 Å². The number of aromatic carboxylic acids is 1. The summed E-state index contributed by atoms with van der Waals surface area (Å²) in [5.41, 5.74) is -0.338. The quantitative estimate of drug-likeness (QED) is 0.926. The second-order valence-corrected chi connectivity index (χ2v) is 5.64. The minimum absolute atomic E-state index is 0.107. The Bertz CT molecular complexity index is 756. The fourth-order valence-corrected chi connectivity index (χ4v) is 2.87. The second kappa shape index (κ2) is 5.75. The number of hydrogen-bond acceptors (Lipinski definition) is 5. The highest BCUT2D eigenvalue weighted by Gasteiger charge is 2.23. The second-order valence-electron chi connectivity index (χ2n) is 5.64. The molecule has 0 amide bonds. The molecule has 22 heavy (non-hydrogen) atoms. The van der Waals surface area contributed by atoms with Crippen LogP contribution >= 0.6 is 0 Å². The van der Waals surface area contributed by atoms with Gasteiger partial charge in [0, 0.05) is 12.1 Å². The van der Waals surface area contributed by atoms with Crippen molar-refractivity contribution in [2.24, 2.45) is 0 Å². The van der Waals surface area contributed by atoms with Gasteiger partial charge in [-0.15, -0.1) is 0 Å². The lowest BCUT2D eigenvalue weighted by Crippen LogP contribution is -2.27. The van der Waals surface area contributed by atoms with Crippen molar-refractivity contribution < 1.29 is 14.4 Å². The van der Waals surface area contributed by atoms with Crippen molar-refractivity contribution in [2.75, 3.05) is 0 Å². The van der Waals surface area contributed by atoms with E-state index >= 15 is 0 Å². The van der Waals surface area contributed by atoms with Crippen LogP contribution in [0.25, 0.3) is 0 Å². The van der Waals surface area contributed by atoms with Gasteiger partial charge in [0.2, 0.25) is 5.89 Å². The maximum Gasteiger partial charge on any atom is 0.341 e. The molecule has 1 fully saturated rings. The predicted octanol–water partition coefficient (Wildman–Crippen LogP) is 1.94. The van der Waals surface area contributed by atoms with Gasteiger partial charge in [-0.3, -0.25) is 4.79 Å². The van der Waals surface area contributed by atoms with E-state index in [0.717, 1.165) is 12.8 Å². The topological polar surface area (TPSA) is 98.2 Å². The molecule has 0 aliphatic heterocycles. The fourth-order valence-electron chi connectivity index (χ4n) is 2.87. The van der Waals surface area contributed by atoms with Crippen LogP contribution in [0.2, 0.25) is 0 Å². The minimum atomic E-state index is -1.23. The molecule has 0 bridgehead atoms. The Balaban J connectivity index is 1.86. The Morgan fingerprint density at radius 2 is 2.18 bits per heavy atom. The third kappa shape index (κ3) is 2.66. The Kier molecular flexibility index (Phi) is 3.79. The molecule has 2 heterocycles. The Labute approximate surface area is 126 Å². The van der Waals surface area contributed by atoms with Gasteiger partial charge in [-0.1, -0.05) is 18.0 Å². The van der Waals surface area contributed by atoms with Crippen molar-refractivity contribution in [1.29, 1.82) is 0 Å². The molecular weight excluding hydrogens is 286 g/mol. The summed E-state index contributed by atoms with van der Waals surface area (Å²) in [5, 5.41) is 13.0.